The maximum Gasteiger partial charge on any atom is 0.261 e. The molecule has 0 N–H and O–H groups in total. The third-order valence-corrected chi connectivity index (χ3v) is 5.57. The number of hydrogen-bond donors (Lipinski definition) is 0. The first-order chi connectivity index (χ1) is 10.6. The summed E-state index contributed by atoms with van der Waals surface area (Å²) >= 11 is 1.38. The largest absolute Gasteiger partial charge is 0.288 e. The molecule has 0 aromatic heterocycles. The average Bonchev–Trinajstić information content (AvgIpc) is 2.78. The van der Waals surface area contributed by atoms with Crippen LogP contribution in [0.5, 0.6) is 0 Å². The average molecular weight is 317 g/mol. The lowest BCUT2D eigenvalue weighted by Crippen LogP contribution is -2.42. The summed E-state index contributed by atoms with van der Waals surface area (Å²) in [5.74, 6) is 1.06. The number of carbonyl (C=O) groups is 3. The summed E-state index contributed by atoms with van der Waals surface area (Å²) in [5.41, 5.74) is 1.06. The van der Waals surface area contributed by atoms with Crippen LogP contribution in [0, 0.1) is 5.92 Å². The summed E-state index contributed by atoms with van der Waals surface area (Å²) in [6.07, 6.45) is 3.62. The number of nitrogens with zero attached hydrogens (tertiary/aromatic N) is 1. The second-order valence-electron chi connectivity index (χ2n) is 6.00. The Hall–Kier alpha value is -1.62. The number of hydrogen-bond acceptors (Lipinski definition) is 4. The van der Waals surface area contributed by atoms with Gasteiger partial charge in [0.05, 0.1) is 11.1 Å². The van der Waals surface area contributed by atoms with Gasteiger partial charge in [-0.25, -0.2) is 0 Å². The van der Waals surface area contributed by atoms with Crippen molar-refractivity contribution in [3.63, 3.8) is 0 Å². The Morgan fingerprint density at radius 1 is 1.09 bits per heavy atom. The standard InChI is InChI=1S/C17H19NO3S/c1-11(19)22-10-12-6-8-13(9-7-12)18-16(20)14-4-2-3-5-15(14)17(18)21/h2-5,12-13H,6-10H2,1H3/t12-,13-. The molecule has 0 spiro atoms. The molecule has 0 saturated heterocycles. The number of imide groups is 1. The van der Waals surface area contributed by atoms with Crippen LogP contribution in [-0.4, -0.2) is 33.6 Å². The van der Waals surface area contributed by atoms with Gasteiger partial charge in [-0.2, -0.15) is 0 Å². The molecule has 1 fully saturated rings. The van der Waals surface area contributed by atoms with Crippen molar-refractivity contribution in [1.29, 1.82) is 0 Å². The van der Waals surface area contributed by atoms with Crippen LogP contribution in [0.4, 0.5) is 0 Å². The Labute approximate surface area is 134 Å². The van der Waals surface area contributed by atoms with E-state index in [1.807, 2.05) is 0 Å². The predicted octanol–water partition coefficient (Wildman–Crippen LogP) is 3.12. The molecule has 0 atom stereocenters. The van der Waals surface area contributed by atoms with Crippen LogP contribution >= 0.6 is 11.8 Å². The van der Waals surface area contributed by atoms with Gasteiger partial charge in [-0.05, 0) is 43.7 Å². The van der Waals surface area contributed by atoms with E-state index in [4.69, 9.17) is 0 Å². The lowest BCUT2D eigenvalue weighted by molar-refractivity contribution is -0.109. The third-order valence-electron chi connectivity index (χ3n) is 4.53. The molecule has 3 rings (SSSR count). The molecule has 1 aliphatic carbocycles. The lowest BCUT2D eigenvalue weighted by atomic mass is 9.86. The molecule has 0 unspecified atom stereocenters. The van der Waals surface area contributed by atoms with Crippen LogP contribution in [0.1, 0.15) is 53.3 Å². The van der Waals surface area contributed by atoms with Crippen LogP contribution in [0.25, 0.3) is 0 Å². The van der Waals surface area contributed by atoms with E-state index in [9.17, 15) is 14.4 Å². The van der Waals surface area contributed by atoms with Gasteiger partial charge in [0, 0.05) is 18.7 Å². The molecule has 5 heteroatoms. The van der Waals surface area contributed by atoms with Gasteiger partial charge in [0.15, 0.2) is 5.12 Å². The van der Waals surface area contributed by atoms with Crippen LogP contribution in [0.15, 0.2) is 24.3 Å². The maximum absolute atomic E-state index is 12.5. The molecule has 2 amide bonds. The number of thioether (sulfide) groups is 1. The molecule has 22 heavy (non-hydrogen) atoms. The highest BCUT2D eigenvalue weighted by molar-refractivity contribution is 8.13. The zero-order chi connectivity index (χ0) is 15.7. The van der Waals surface area contributed by atoms with Crippen LogP contribution in [-0.2, 0) is 4.79 Å². The number of fused-ring (bicyclic) bond motifs is 1. The minimum absolute atomic E-state index is 0.00554. The second-order valence-corrected chi connectivity index (χ2v) is 7.20. The monoisotopic (exact) mass is 317 g/mol. The van der Waals surface area contributed by atoms with Gasteiger partial charge in [0.2, 0.25) is 0 Å². The normalized spacial score (nSPS) is 24.5. The summed E-state index contributed by atoms with van der Waals surface area (Å²) < 4.78 is 0. The van der Waals surface area contributed by atoms with E-state index < -0.39 is 0 Å². The summed E-state index contributed by atoms with van der Waals surface area (Å²) in [6.45, 7) is 1.59. The van der Waals surface area contributed by atoms with Crippen molar-refractivity contribution in [2.75, 3.05) is 5.75 Å². The fourth-order valence-corrected chi connectivity index (χ4v) is 4.15. The Kier molecular flexibility index (Phi) is 4.34. The number of amides is 2. The van der Waals surface area contributed by atoms with Crippen molar-refractivity contribution < 1.29 is 14.4 Å². The van der Waals surface area contributed by atoms with Gasteiger partial charge in [0.1, 0.15) is 0 Å². The highest BCUT2D eigenvalue weighted by atomic mass is 32.2. The molecule has 1 aliphatic heterocycles. The Morgan fingerprint density at radius 3 is 2.14 bits per heavy atom. The molecule has 1 heterocycles. The van der Waals surface area contributed by atoms with Gasteiger partial charge >= 0.3 is 0 Å². The maximum atomic E-state index is 12.5. The van der Waals surface area contributed by atoms with Gasteiger partial charge < -0.3 is 0 Å². The Bertz CT molecular complexity index is 585. The molecule has 2 aliphatic rings. The van der Waals surface area contributed by atoms with Crippen LogP contribution < -0.4 is 0 Å². The molecule has 0 bridgehead atoms. The van der Waals surface area contributed by atoms with E-state index in [1.165, 1.54) is 16.7 Å². The summed E-state index contributed by atoms with van der Waals surface area (Å²) in [5, 5.41) is 0.155. The summed E-state index contributed by atoms with van der Waals surface area (Å²) in [6, 6.07) is 7.05. The minimum Gasteiger partial charge on any atom is -0.288 e. The van der Waals surface area contributed by atoms with E-state index in [2.05, 4.69) is 0 Å². The van der Waals surface area contributed by atoms with Crippen molar-refractivity contribution >= 4 is 28.7 Å². The van der Waals surface area contributed by atoms with Crippen molar-refractivity contribution in [2.45, 2.75) is 38.6 Å². The highest BCUT2D eigenvalue weighted by Crippen LogP contribution is 2.34. The summed E-state index contributed by atoms with van der Waals surface area (Å²) in [4.78, 5) is 37.4. The first kappa shape index (κ1) is 15.3. The van der Waals surface area contributed by atoms with E-state index in [0.29, 0.717) is 17.0 Å². The minimum atomic E-state index is -0.151. The van der Waals surface area contributed by atoms with Gasteiger partial charge in [-0.15, -0.1) is 0 Å². The van der Waals surface area contributed by atoms with E-state index in [0.717, 1.165) is 31.4 Å². The second kappa shape index (κ2) is 6.24. The molecular formula is C17H19NO3S. The summed E-state index contributed by atoms with van der Waals surface area (Å²) in [7, 11) is 0. The van der Waals surface area contributed by atoms with Gasteiger partial charge in [-0.1, -0.05) is 23.9 Å². The van der Waals surface area contributed by atoms with Crippen LogP contribution in [0.2, 0.25) is 0 Å². The molecule has 1 saturated carbocycles. The highest BCUT2D eigenvalue weighted by Gasteiger charge is 2.40. The first-order valence-electron chi connectivity index (χ1n) is 7.68. The van der Waals surface area contributed by atoms with Gasteiger partial charge in [0.25, 0.3) is 11.8 Å². The SMILES string of the molecule is CC(=O)SC[C@H]1CC[C@H](N2C(=O)c3ccccc3C2=O)CC1. The Morgan fingerprint density at radius 2 is 1.64 bits per heavy atom. The molecule has 1 aromatic rings. The van der Waals surface area contributed by atoms with Crippen molar-refractivity contribution in [2.24, 2.45) is 5.92 Å². The van der Waals surface area contributed by atoms with Gasteiger partial charge in [-0.3, -0.25) is 19.3 Å². The number of carbonyl (C=O) groups excluding carboxylic acids is 3. The quantitative estimate of drug-likeness (QED) is 0.804. The predicted molar refractivity (Wildman–Crippen MR) is 85.8 cm³/mol. The molecule has 4 nitrogen and oxygen atoms in total. The zero-order valence-electron chi connectivity index (χ0n) is 12.6. The molecule has 1 aromatic carbocycles. The molecule has 116 valence electrons. The van der Waals surface area contributed by atoms with E-state index >= 15 is 0 Å². The first-order valence-corrected chi connectivity index (χ1v) is 8.66. The molecule has 0 radical (unpaired) electrons. The van der Waals surface area contributed by atoms with E-state index in [-0.39, 0.29) is 23.0 Å². The van der Waals surface area contributed by atoms with Crippen molar-refractivity contribution in [1.82, 2.24) is 4.90 Å². The lowest BCUT2D eigenvalue weighted by Gasteiger charge is -2.33. The van der Waals surface area contributed by atoms with E-state index in [1.54, 1.807) is 31.2 Å². The topological polar surface area (TPSA) is 54.5 Å². The molecular weight excluding hydrogens is 298 g/mol. The number of rotatable bonds is 3. The number of benzene rings is 1. The van der Waals surface area contributed by atoms with Crippen molar-refractivity contribution in [3.05, 3.63) is 35.4 Å². The third kappa shape index (κ3) is 2.82. The van der Waals surface area contributed by atoms with Crippen LogP contribution in [0.3, 0.4) is 0 Å². The fraction of sp³-hybridized carbons (Fsp3) is 0.471. The smallest absolute Gasteiger partial charge is 0.261 e. The Balaban J connectivity index is 1.64. The zero-order valence-corrected chi connectivity index (χ0v) is 13.4. The van der Waals surface area contributed by atoms with Crippen molar-refractivity contribution in [3.8, 4) is 0 Å². The fourth-order valence-electron chi connectivity index (χ4n) is 3.34.